The average molecular weight is 349 g/mol. The molecule has 1 atom stereocenters. The highest BCUT2D eigenvalue weighted by Gasteiger charge is 2.29. The lowest BCUT2D eigenvalue weighted by molar-refractivity contribution is 0.0700. The summed E-state index contributed by atoms with van der Waals surface area (Å²) in [4.78, 5) is 26.3. The van der Waals surface area contributed by atoms with Crippen molar-refractivity contribution in [3.05, 3.63) is 69.1 Å². The molecule has 0 radical (unpaired) electrons. The van der Waals surface area contributed by atoms with E-state index in [0.717, 1.165) is 17.1 Å². The quantitative estimate of drug-likeness (QED) is 0.838. The third kappa shape index (κ3) is 3.46. The molecule has 1 amide bonds. The number of halogens is 1. The second-order valence-corrected chi connectivity index (χ2v) is 7.09. The Labute approximate surface area is 144 Å². The molecule has 1 aliphatic heterocycles. The van der Waals surface area contributed by atoms with Crippen LogP contribution in [0, 0.1) is 0 Å². The molecule has 0 spiro atoms. The second kappa shape index (κ2) is 6.81. The maximum absolute atomic E-state index is 12.9. The molecule has 1 aromatic carbocycles. The molecule has 1 unspecified atom stereocenters. The highest BCUT2D eigenvalue weighted by atomic mass is 35.5. The Kier molecular flexibility index (Phi) is 4.78. The Balaban J connectivity index is 1.91. The normalized spacial score (nSPS) is 18.0. The molecule has 2 heterocycles. The zero-order valence-corrected chi connectivity index (χ0v) is 14.3. The first-order valence-electron chi connectivity index (χ1n) is 7.37. The van der Waals surface area contributed by atoms with Gasteiger partial charge in [-0.3, -0.25) is 9.59 Å². The molecule has 1 aliphatic rings. The van der Waals surface area contributed by atoms with Gasteiger partial charge in [0.05, 0.1) is 11.6 Å². The van der Waals surface area contributed by atoms with E-state index in [1.54, 1.807) is 19.3 Å². The lowest BCUT2D eigenvalue weighted by atomic mass is 10.1. The highest BCUT2D eigenvalue weighted by molar-refractivity contribution is 7.99. The van der Waals surface area contributed by atoms with Gasteiger partial charge in [-0.2, -0.15) is 11.8 Å². The number of amides is 1. The van der Waals surface area contributed by atoms with Gasteiger partial charge < -0.3 is 9.47 Å². The topological polar surface area (TPSA) is 42.3 Å². The van der Waals surface area contributed by atoms with Crippen molar-refractivity contribution in [2.75, 3.05) is 18.1 Å². The number of hydrogen-bond donors (Lipinski definition) is 0. The number of pyridine rings is 1. The van der Waals surface area contributed by atoms with E-state index in [0.29, 0.717) is 17.1 Å². The van der Waals surface area contributed by atoms with Gasteiger partial charge in [0.15, 0.2) is 0 Å². The summed E-state index contributed by atoms with van der Waals surface area (Å²) in [5.74, 6) is 1.74. The molecular weight excluding hydrogens is 332 g/mol. The summed E-state index contributed by atoms with van der Waals surface area (Å²) >= 11 is 7.80. The Morgan fingerprint density at radius 3 is 2.65 bits per heavy atom. The Morgan fingerprint density at radius 1 is 1.22 bits per heavy atom. The van der Waals surface area contributed by atoms with Crippen molar-refractivity contribution in [2.24, 2.45) is 7.05 Å². The number of hydrogen-bond acceptors (Lipinski definition) is 3. The van der Waals surface area contributed by atoms with Crippen LogP contribution in [0.15, 0.2) is 47.4 Å². The van der Waals surface area contributed by atoms with E-state index in [-0.39, 0.29) is 17.5 Å². The molecule has 1 saturated heterocycles. The van der Waals surface area contributed by atoms with Crippen molar-refractivity contribution in [2.45, 2.75) is 6.04 Å². The van der Waals surface area contributed by atoms with Crippen LogP contribution in [-0.2, 0) is 7.05 Å². The van der Waals surface area contributed by atoms with Crippen molar-refractivity contribution in [3.63, 3.8) is 0 Å². The maximum Gasteiger partial charge on any atom is 0.255 e. The van der Waals surface area contributed by atoms with E-state index >= 15 is 0 Å². The Hall–Kier alpha value is -1.72. The molecule has 0 saturated carbocycles. The van der Waals surface area contributed by atoms with Gasteiger partial charge in [-0.15, -0.1) is 0 Å². The van der Waals surface area contributed by atoms with Crippen LogP contribution in [0.1, 0.15) is 22.0 Å². The monoisotopic (exact) mass is 348 g/mol. The lowest BCUT2D eigenvalue weighted by Crippen LogP contribution is -2.41. The van der Waals surface area contributed by atoms with Gasteiger partial charge in [-0.1, -0.05) is 23.7 Å². The van der Waals surface area contributed by atoms with E-state index in [9.17, 15) is 9.59 Å². The van der Waals surface area contributed by atoms with E-state index in [2.05, 4.69) is 0 Å². The first kappa shape index (κ1) is 16.1. The van der Waals surface area contributed by atoms with Gasteiger partial charge >= 0.3 is 0 Å². The van der Waals surface area contributed by atoms with Crippen LogP contribution in [0.2, 0.25) is 5.02 Å². The first-order valence-corrected chi connectivity index (χ1v) is 8.90. The summed E-state index contributed by atoms with van der Waals surface area (Å²) < 4.78 is 1.43. The van der Waals surface area contributed by atoms with Crippen molar-refractivity contribution >= 4 is 29.3 Å². The molecule has 0 bridgehead atoms. The summed E-state index contributed by atoms with van der Waals surface area (Å²) in [5, 5.41) is 0.688. The van der Waals surface area contributed by atoms with Crippen molar-refractivity contribution in [3.8, 4) is 0 Å². The third-order valence-electron chi connectivity index (χ3n) is 3.98. The minimum Gasteiger partial charge on any atom is -0.330 e. The summed E-state index contributed by atoms with van der Waals surface area (Å²) in [7, 11) is 1.65. The molecule has 0 N–H and O–H groups in total. The summed E-state index contributed by atoms with van der Waals surface area (Å²) in [6.07, 6.45) is 1.60. The molecule has 3 rings (SSSR count). The summed E-state index contributed by atoms with van der Waals surface area (Å²) in [6, 6.07) is 10.7. The van der Waals surface area contributed by atoms with Crippen molar-refractivity contribution < 1.29 is 4.79 Å². The van der Waals surface area contributed by atoms with E-state index in [1.165, 1.54) is 10.6 Å². The molecule has 4 nitrogen and oxygen atoms in total. The predicted octanol–water partition coefficient (Wildman–Crippen LogP) is 2.97. The van der Waals surface area contributed by atoms with Crippen LogP contribution in [0.3, 0.4) is 0 Å². The molecule has 2 aromatic rings. The van der Waals surface area contributed by atoms with Crippen LogP contribution in [0.5, 0.6) is 0 Å². The summed E-state index contributed by atoms with van der Waals surface area (Å²) in [5.41, 5.74) is 1.50. The third-order valence-corrected chi connectivity index (χ3v) is 5.25. The van der Waals surface area contributed by atoms with Crippen LogP contribution in [0.4, 0.5) is 0 Å². The molecular formula is C17H17ClN2O2S. The van der Waals surface area contributed by atoms with E-state index in [1.807, 2.05) is 40.9 Å². The molecule has 23 heavy (non-hydrogen) atoms. The number of aryl methyl sites for hydroxylation is 1. The van der Waals surface area contributed by atoms with E-state index < -0.39 is 0 Å². The zero-order chi connectivity index (χ0) is 16.4. The van der Waals surface area contributed by atoms with Gasteiger partial charge in [0.2, 0.25) is 5.56 Å². The minimum atomic E-state index is -0.120. The van der Waals surface area contributed by atoms with Crippen LogP contribution >= 0.6 is 23.4 Å². The highest BCUT2D eigenvalue weighted by Crippen LogP contribution is 2.31. The van der Waals surface area contributed by atoms with Crippen molar-refractivity contribution in [1.82, 2.24) is 9.47 Å². The SMILES string of the molecule is Cn1cc(C(=O)N2CCSCC2c2ccc(Cl)cc2)ccc1=O. The maximum atomic E-state index is 12.9. The number of carbonyl (C=O) groups is 1. The molecule has 1 fully saturated rings. The standard InChI is InChI=1S/C17H17ClN2O2S/c1-19-10-13(4-7-16(19)21)17(22)20-8-9-23-11-15(20)12-2-5-14(18)6-3-12/h2-7,10,15H,8-9,11H2,1H3. The van der Waals surface area contributed by atoms with E-state index in [4.69, 9.17) is 11.6 Å². The number of aromatic nitrogens is 1. The minimum absolute atomic E-state index is 0.0238. The van der Waals surface area contributed by atoms with Crippen LogP contribution < -0.4 is 5.56 Å². The molecule has 1 aromatic heterocycles. The smallest absolute Gasteiger partial charge is 0.255 e. The van der Waals surface area contributed by atoms with Gasteiger partial charge in [0, 0.05) is 42.4 Å². The number of carbonyl (C=O) groups excluding carboxylic acids is 1. The summed E-state index contributed by atoms with van der Waals surface area (Å²) in [6.45, 7) is 0.694. The number of nitrogens with zero attached hydrogens (tertiary/aromatic N) is 2. The van der Waals surface area contributed by atoms with Crippen LogP contribution in [-0.4, -0.2) is 33.4 Å². The zero-order valence-electron chi connectivity index (χ0n) is 12.7. The number of rotatable bonds is 2. The largest absolute Gasteiger partial charge is 0.330 e. The fourth-order valence-corrected chi connectivity index (χ4v) is 3.91. The average Bonchev–Trinajstić information content (AvgIpc) is 2.57. The number of thioether (sulfide) groups is 1. The Morgan fingerprint density at radius 2 is 1.96 bits per heavy atom. The molecule has 120 valence electrons. The van der Waals surface area contributed by atoms with Gasteiger partial charge in [-0.25, -0.2) is 0 Å². The van der Waals surface area contributed by atoms with Crippen LogP contribution in [0.25, 0.3) is 0 Å². The lowest BCUT2D eigenvalue weighted by Gasteiger charge is -2.36. The fraction of sp³-hybridized carbons (Fsp3) is 0.294. The predicted molar refractivity (Wildman–Crippen MR) is 94.2 cm³/mol. The number of benzene rings is 1. The van der Waals surface area contributed by atoms with Gasteiger partial charge in [0.1, 0.15) is 0 Å². The second-order valence-electron chi connectivity index (χ2n) is 5.51. The van der Waals surface area contributed by atoms with Gasteiger partial charge in [-0.05, 0) is 23.8 Å². The van der Waals surface area contributed by atoms with Gasteiger partial charge in [0.25, 0.3) is 5.91 Å². The molecule has 6 heteroatoms. The molecule has 0 aliphatic carbocycles. The first-order chi connectivity index (χ1) is 11.1. The van der Waals surface area contributed by atoms with Crippen molar-refractivity contribution in [1.29, 1.82) is 0 Å². The Bertz CT molecular complexity index is 773. The fourth-order valence-electron chi connectivity index (χ4n) is 2.69.